The molecule has 2 aromatic heterocycles. The normalized spacial score (nSPS) is 10.7. The predicted octanol–water partition coefficient (Wildman–Crippen LogP) is 1.78. The number of nitrogen functional groups attached to an aromatic ring is 1. The van der Waals surface area contributed by atoms with Crippen molar-refractivity contribution in [3.05, 3.63) is 51.4 Å². The van der Waals surface area contributed by atoms with Crippen LogP contribution in [0.25, 0.3) is 16.6 Å². The van der Waals surface area contributed by atoms with Gasteiger partial charge >= 0.3 is 0 Å². The Bertz CT molecular complexity index is 959. The first-order chi connectivity index (χ1) is 10.0. The number of nitrogens with zero attached hydrogens (tertiary/aromatic N) is 3. The van der Waals surface area contributed by atoms with E-state index in [1.807, 2.05) is 31.2 Å². The largest absolute Gasteiger partial charge is 0.382 e. The van der Waals surface area contributed by atoms with Gasteiger partial charge in [-0.25, -0.2) is 4.68 Å². The molecule has 3 N–H and O–H groups in total. The zero-order valence-electron chi connectivity index (χ0n) is 11.6. The Balaban J connectivity index is 2.41. The topological polar surface area (TPSA) is 100 Å². The molecule has 0 aliphatic heterocycles. The van der Waals surface area contributed by atoms with Gasteiger partial charge in [0, 0.05) is 11.5 Å². The zero-order chi connectivity index (χ0) is 15.1. The lowest BCUT2D eigenvalue weighted by atomic mass is 10.1. The number of aromatic amines is 1. The van der Waals surface area contributed by atoms with Gasteiger partial charge in [-0.15, -0.1) is 0 Å². The first-order valence-electron chi connectivity index (χ1n) is 6.40. The number of aromatic nitrogens is 3. The van der Waals surface area contributed by atoms with Crippen molar-refractivity contribution in [3.8, 4) is 11.8 Å². The second kappa shape index (κ2) is 4.49. The number of nitriles is 1. The smallest absolute Gasteiger partial charge is 0.250 e. The minimum atomic E-state index is -0.242. The fourth-order valence-electron chi connectivity index (χ4n) is 2.40. The Labute approximate surface area is 120 Å². The van der Waals surface area contributed by atoms with Gasteiger partial charge in [0.05, 0.1) is 16.9 Å². The van der Waals surface area contributed by atoms with Gasteiger partial charge in [-0.1, -0.05) is 12.1 Å². The van der Waals surface area contributed by atoms with Crippen LogP contribution in [0.15, 0.2) is 29.1 Å². The lowest BCUT2D eigenvalue weighted by Gasteiger charge is -2.08. The highest BCUT2D eigenvalue weighted by molar-refractivity contribution is 5.88. The number of hydrogen-bond acceptors (Lipinski definition) is 4. The quantitative estimate of drug-likeness (QED) is 0.709. The summed E-state index contributed by atoms with van der Waals surface area (Å²) in [5.41, 5.74) is 8.93. The number of pyridine rings is 1. The van der Waals surface area contributed by atoms with E-state index in [1.54, 1.807) is 6.92 Å². The van der Waals surface area contributed by atoms with Gasteiger partial charge in [0.25, 0.3) is 5.56 Å². The van der Waals surface area contributed by atoms with Gasteiger partial charge in [-0.2, -0.15) is 10.4 Å². The van der Waals surface area contributed by atoms with Gasteiger partial charge in [0.2, 0.25) is 0 Å². The molecule has 2 heterocycles. The Kier molecular flexibility index (Phi) is 2.77. The van der Waals surface area contributed by atoms with Crippen LogP contribution >= 0.6 is 0 Å². The van der Waals surface area contributed by atoms with Crippen molar-refractivity contribution in [2.75, 3.05) is 5.73 Å². The molecule has 6 heteroatoms. The number of benzene rings is 1. The number of H-pyrrole nitrogens is 1. The molecule has 3 aromatic rings. The molecule has 0 aliphatic carbocycles. The van der Waals surface area contributed by atoms with Crippen molar-refractivity contribution >= 4 is 16.7 Å². The van der Waals surface area contributed by atoms with Crippen molar-refractivity contribution in [1.29, 1.82) is 5.26 Å². The SMILES string of the molecule is Cc1ccc2c(-n3nc(C)c(C#N)c3N)cc(=O)[nH]c2c1. The third-order valence-corrected chi connectivity index (χ3v) is 3.41. The van der Waals surface area contributed by atoms with E-state index in [9.17, 15) is 4.79 Å². The Morgan fingerprint density at radius 2 is 2.10 bits per heavy atom. The van der Waals surface area contributed by atoms with Gasteiger partial charge in [-0.05, 0) is 25.5 Å². The summed E-state index contributed by atoms with van der Waals surface area (Å²) in [5.74, 6) is 0.238. The summed E-state index contributed by atoms with van der Waals surface area (Å²) in [6.45, 7) is 3.66. The summed E-state index contributed by atoms with van der Waals surface area (Å²) in [5, 5.41) is 14.2. The highest BCUT2D eigenvalue weighted by Gasteiger charge is 2.15. The number of aryl methyl sites for hydroxylation is 2. The third kappa shape index (κ3) is 1.96. The van der Waals surface area contributed by atoms with Crippen LogP contribution in [0.5, 0.6) is 0 Å². The van der Waals surface area contributed by atoms with Crippen molar-refractivity contribution < 1.29 is 0 Å². The Morgan fingerprint density at radius 1 is 1.33 bits per heavy atom. The van der Waals surface area contributed by atoms with Crippen molar-refractivity contribution in [2.45, 2.75) is 13.8 Å². The van der Waals surface area contributed by atoms with E-state index < -0.39 is 0 Å². The summed E-state index contributed by atoms with van der Waals surface area (Å²) in [6, 6.07) is 9.20. The number of nitrogens with two attached hydrogens (primary N) is 1. The van der Waals surface area contributed by atoms with Crippen molar-refractivity contribution in [2.24, 2.45) is 0 Å². The van der Waals surface area contributed by atoms with E-state index in [0.29, 0.717) is 22.5 Å². The van der Waals surface area contributed by atoms with Crippen LogP contribution in [-0.2, 0) is 0 Å². The van der Waals surface area contributed by atoms with E-state index in [4.69, 9.17) is 11.0 Å². The molecular weight excluding hydrogens is 266 g/mol. The Hall–Kier alpha value is -3.07. The van der Waals surface area contributed by atoms with E-state index in [2.05, 4.69) is 10.1 Å². The number of hydrogen-bond donors (Lipinski definition) is 2. The van der Waals surface area contributed by atoms with Crippen LogP contribution < -0.4 is 11.3 Å². The van der Waals surface area contributed by atoms with Gasteiger partial charge in [0.15, 0.2) is 0 Å². The van der Waals surface area contributed by atoms with Crippen LogP contribution in [0.2, 0.25) is 0 Å². The maximum Gasteiger partial charge on any atom is 0.250 e. The molecular formula is C15H13N5O. The van der Waals surface area contributed by atoms with Crippen molar-refractivity contribution in [3.63, 3.8) is 0 Å². The van der Waals surface area contributed by atoms with Crippen LogP contribution in [0.4, 0.5) is 5.82 Å². The monoisotopic (exact) mass is 279 g/mol. The predicted molar refractivity (Wildman–Crippen MR) is 80.3 cm³/mol. The Morgan fingerprint density at radius 3 is 2.76 bits per heavy atom. The van der Waals surface area contributed by atoms with E-state index in [1.165, 1.54) is 10.7 Å². The fourth-order valence-corrected chi connectivity index (χ4v) is 2.40. The fraction of sp³-hybridized carbons (Fsp3) is 0.133. The summed E-state index contributed by atoms with van der Waals surface area (Å²) < 4.78 is 1.45. The molecule has 3 rings (SSSR count). The molecule has 0 aliphatic rings. The summed E-state index contributed by atoms with van der Waals surface area (Å²) >= 11 is 0. The first kappa shape index (κ1) is 12.9. The van der Waals surface area contributed by atoms with Crippen LogP contribution in [0.3, 0.4) is 0 Å². The number of anilines is 1. The van der Waals surface area contributed by atoms with Crippen LogP contribution in [0.1, 0.15) is 16.8 Å². The van der Waals surface area contributed by atoms with E-state index in [0.717, 1.165) is 10.9 Å². The lowest BCUT2D eigenvalue weighted by Crippen LogP contribution is -2.11. The molecule has 0 fully saturated rings. The van der Waals surface area contributed by atoms with Crippen LogP contribution in [-0.4, -0.2) is 14.8 Å². The lowest BCUT2D eigenvalue weighted by molar-refractivity contribution is 0.875. The second-order valence-corrected chi connectivity index (χ2v) is 4.94. The summed E-state index contributed by atoms with van der Waals surface area (Å²) in [7, 11) is 0. The first-order valence-corrected chi connectivity index (χ1v) is 6.40. The highest BCUT2D eigenvalue weighted by Crippen LogP contribution is 2.24. The standard InChI is InChI=1S/C15H13N5O/c1-8-3-4-10-12(5-8)18-14(21)6-13(10)20-15(17)11(7-16)9(2)19-20/h3-6H,17H2,1-2H3,(H,18,21). The molecule has 6 nitrogen and oxygen atoms in total. The minimum absolute atomic E-state index is 0.238. The molecule has 104 valence electrons. The summed E-state index contributed by atoms with van der Waals surface area (Å²) in [6.07, 6.45) is 0. The van der Waals surface area contributed by atoms with Crippen LogP contribution in [0, 0.1) is 25.2 Å². The molecule has 1 aromatic carbocycles. The molecule has 0 radical (unpaired) electrons. The molecule has 0 saturated heterocycles. The molecule has 0 bridgehead atoms. The average molecular weight is 279 g/mol. The number of rotatable bonds is 1. The third-order valence-electron chi connectivity index (χ3n) is 3.41. The molecule has 0 atom stereocenters. The second-order valence-electron chi connectivity index (χ2n) is 4.94. The van der Waals surface area contributed by atoms with Gasteiger partial charge < -0.3 is 10.7 Å². The highest BCUT2D eigenvalue weighted by atomic mass is 16.1. The number of nitrogens with one attached hydrogen (secondary N) is 1. The molecule has 21 heavy (non-hydrogen) atoms. The molecule has 0 amide bonds. The zero-order valence-corrected chi connectivity index (χ0v) is 11.6. The van der Waals surface area contributed by atoms with Crippen molar-refractivity contribution in [1.82, 2.24) is 14.8 Å². The maximum absolute atomic E-state index is 11.9. The molecule has 0 saturated carbocycles. The van der Waals surface area contributed by atoms with Gasteiger partial charge in [0.1, 0.15) is 17.5 Å². The van der Waals surface area contributed by atoms with Gasteiger partial charge in [-0.3, -0.25) is 4.79 Å². The van der Waals surface area contributed by atoms with E-state index in [-0.39, 0.29) is 11.4 Å². The molecule has 0 spiro atoms. The maximum atomic E-state index is 11.9. The minimum Gasteiger partial charge on any atom is -0.382 e. The summed E-state index contributed by atoms with van der Waals surface area (Å²) in [4.78, 5) is 14.7. The van der Waals surface area contributed by atoms with E-state index >= 15 is 0 Å². The molecule has 0 unspecified atom stereocenters. The average Bonchev–Trinajstić information content (AvgIpc) is 2.71. The number of fused-ring (bicyclic) bond motifs is 1.